The molecule has 1 heteroatoms. The SMILES string of the molecule is C[C@H]1C=C2CCC3C(CC[C@]4(C)C(n5ccc6ccccc65)=CCC34)[C@@]2(C)CC1. The maximum absolute atomic E-state index is 2.66. The Labute approximate surface area is 175 Å². The van der Waals surface area contributed by atoms with Gasteiger partial charge in [-0.2, -0.15) is 0 Å². The van der Waals surface area contributed by atoms with E-state index < -0.39 is 0 Å². The molecule has 4 aliphatic rings. The van der Waals surface area contributed by atoms with Crippen molar-refractivity contribution < 1.29 is 0 Å². The summed E-state index contributed by atoms with van der Waals surface area (Å²) in [6, 6.07) is 11.2. The van der Waals surface area contributed by atoms with Gasteiger partial charge in [-0.25, -0.2) is 0 Å². The summed E-state index contributed by atoms with van der Waals surface area (Å²) in [5.74, 6) is 3.43. The maximum Gasteiger partial charge on any atom is 0.0525 e. The summed E-state index contributed by atoms with van der Waals surface area (Å²) >= 11 is 0. The second kappa shape index (κ2) is 6.13. The van der Waals surface area contributed by atoms with Crippen LogP contribution < -0.4 is 0 Å². The summed E-state index contributed by atoms with van der Waals surface area (Å²) in [5, 5.41) is 1.37. The van der Waals surface area contributed by atoms with Gasteiger partial charge in [-0.05, 0) is 91.6 Å². The highest BCUT2D eigenvalue weighted by Gasteiger charge is 2.57. The molecule has 0 amide bonds. The molecule has 6 atom stereocenters. The highest BCUT2D eigenvalue weighted by atomic mass is 15.0. The maximum atomic E-state index is 2.66. The third-order valence-corrected chi connectivity index (χ3v) is 9.74. The van der Waals surface area contributed by atoms with Gasteiger partial charge in [0.05, 0.1) is 5.52 Å². The fourth-order valence-electron chi connectivity index (χ4n) is 8.11. The van der Waals surface area contributed by atoms with Crippen LogP contribution in [0.3, 0.4) is 0 Å². The van der Waals surface area contributed by atoms with E-state index in [9.17, 15) is 0 Å². The van der Waals surface area contributed by atoms with Gasteiger partial charge in [0.2, 0.25) is 0 Å². The monoisotopic (exact) mass is 385 g/mol. The highest BCUT2D eigenvalue weighted by molar-refractivity contribution is 5.84. The van der Waals surface area contributed by atoms with Crippen LogP contribution in [0.2, 0.25) is 0 Å². The van der Waals surface area contributed by atoms with Crippen molar-refractivity contribution in [2.45, 2.75) is 65.7 Å². The summed E-state index contributed by atoms with van der Waals surface area (Å²) in [4.78, 5) is 0. The molecule has 0 saturated heterocycles. The normalized spacial score (nSPS) is 41.3. The molecule has 2 saturated carbocycles. The molecule has 152 valence electrons. The average Bonchev–Trinajstić information content (AvgIpc) is 3.29. The van der Waals surface area contributed by atoms with Gasteiger partial charge in [0.1, 0.15) is 0 Å². The smallest absolute Gasteiger partial charge is 0.0525 e. The standard InChI is InChI=1S/C28H35N/c1-19-12-15-27(2)21(18-19)8-9-22-23-10-11-26(28(23,3)16-13-24(22)27)29-17-14-20-6-4-5-7-25(20)29/h4-7,11,14,17-19,22-24H,8-10,12-13,15-16H2,1-3H3/t19-,22?,23?,24?,27+,28+/m1/s1. The van der Waals surface area contributed by atoms with Crippen LogP contribution in [-0.4, -0.2) is 4.57 Å². The molecule has 1 nitrogen and oxygen atoms in total. The van der Waals surface area contributed by atoms with Crippen LogP contribution in [0.5, 0.6) is 0 Å². The number of rotatable bonds is 1. The Balaban J connectivity index is 1.36. The minimum absolute atomic E-state index is 0.336. The lowest BCUT2D eigenvalue weighted by Gasteiger charge is -2.58. The number of allylic oxidation sites excluding steroid dienone is 4. The zero-order chi connectivity index (χ0) is 19.8. The number of hydrogen-bond donors (Lipinski definition) is 0. The van der Waals surface area contributed by atoms with Crippen molar-refractivity contribution in [3.05, 3.63) is 54.3 Å². The van der Waals surface area contributed by atoms with Gasteiger partial charge >= 0.3 is 0 Å². The molecule has 0 radical (unpaired) electrons. The number of nitrogens with zero attached hydrogens (tertiary/aromatic N) is 1. The van der Waals surface area contributed by atoms with Gasteiger partial charge in [0, 0.05) is 17.3 Å². The van der Waals surface area contributed by atoms with E-state index in [1.807, 2.05) is 5.57 Å². The largest absolute Gasteiger partial charge is 0.320 e. The van der Waals surface area contributed by atoms with Crippen LogP contribution in [0, 0.1) is 34.5 Å². The molecule has 1 aromatic heterocycles. The van der Waals surface area contributed by atoms with E-state index in [4.69, 9.17) is 0 Å². The van der Waals surface area contributed by atoms with Gasteiger partial charge in [-0.3, -0.25) is 0 Å². The van der Waals surface area contributed by atoms with Crippen molar-refractivity contribution in [2.24, 2.45) is 34.5 Å². The molecule has 0 N–H and O–H groups in total. The Morgan fingerprint density at radius 3 is 2.66 bits per heavy atom. The molecule has 0 spiro atoms. The predicted octanol–water partition coefficient (Wildman–Crippen LogP) is 7.69. The average molecular weight is 386 g/mol. The molecule has 1 aromatic carbocycles. The van der Waals surface area contributed by atoms with Crippen LogP contribution in [0.15, 0.2) is 54.3 Å². The Bertz CT molecular complexity index is 1020. The number of para-hydroxylation sites is 1. The summed E-state index contributed by atoms with van der Waals surface area (Å²) < 4.78 is 2.52. The van der Waals surface area contributed by atoms with Gasteiger partial charge in [0.15, 0.2) is 0 Å². The van der Waals surface area contributed by atoms with Crippen LogP contribution in [-0.2, 0) is 0 Å². The van der Waals surface area contributed by atoms with E-state index in [0.717, 1.165) is 23.7 Å². The van der Waals surface area contributed by atoms with Gasteiger partial charge in [-0.15, -0.1) is 0 Å². The molecular formula is C28H35N. The first kappa shape index (κ1) is 18.0. The van der Waals surface area contributed by atoms with Crippen molar-refractivity contribution in [1.82, 2.24) is 4.57 Å². The highest BCUT2D eigenvalue weighted by Crippen LogP contribution is 2.66. The minimum atomic E-state index is 0.336. The third-order valence-electron chi connectivity index (χ3n) is 9.74. The molecule has 6 rings (SSSR count). The van der Waals surface area contributed by atoms with Crippen LogP contribution >= 0.6 is 0 Å². The lowest BCUT2D eigenvalue weighted by Crippen LogP contribution is -2.50. The minimum Gasteiger partial charge on any atom is -0.320 e. The second-order valence-corrected chi connectivity index (χ2v) is 11.1. The summed E-state index contributed by atoms with van der Waals surface area (Å²) in [6.45, 7) is 7.65. The summed E-state index contributed by atoms with van der Waals surface area (Å²) in [7, 11) is 0. The molecule has 3 unspecified atom stereocenters. The first-order valence-corrected chi connectivity index (χ1v) is 12.0. The van der Waals surface area contributed by atoms with E-state index in [1.165, 1.54) is 55.8 Å². The van der Waals surface area contributed by atoms with Crippen LogP contribution in [0.25, 0.3) is 16.6 Å². The van der Waals surface area contributed by atoms with E-state index in [2.05, 4.69) is 74.0 Å². The van der Waals surface area contributed by atoms with Crippen molar-refractivity contribution >= 4 is 16.6 Å². The number of hydrogen-bond acceptors (Lipinski definition) is 0. The first-order valence-electron chi connectivity index (χ1n) is 12.0. The molecular weight excluding hydrogens is 350 g/mol. The Hall–Kier alpha value is -1.76. The molecule has 0 bridgehead atoms. The van der Waals surface area contributed by atoms with Crippen molar-refractivity contribution in [3.8, 4) is 0 Å². The fraction of sp³-hybridized carbons (Fsp3) is 0.571. The van der Waals surface area contributed by atoms with Crippen LogP contribution in [0.4, 0.5) is 0 Å². The third kappa shape index (κ3) is 2.39. The molecule has 0 aliphatic heterocycles. The zero-order valence-electron chi connectivity index (χ0n) is 18.3. The van der Waals surface area contributed by atoms with E-state index in [-0.39, 0.29) is 0 Å². The first-order chi connectivity index (χ1) is 14.0. The quantitative estimate of drug-likeness (QED) is 0.443. The Morgan fingerprint density at radius 2 is 1.76 bits per heavy atom. The van der Waals surface area contributed by atoms with Gasteiger partial charge < -0.3 is 4.57 Å². The zero-order valence-corrected chi connectivity index (χ0v) is 18.3. The lowest BCUT2D eigenvalue weighted by molar-refractivity contribution is -0.0251. The van der Waals surface area contributed by atoms with E-state index in [0.29, 0.717) is 10.8 Å². The number of benzene rings is 1. The fourth-order valence-corrected chi connectivity index (χ4v) is 8.11. The molecule has 2 aromatic rings. The van der Waals surface area contributed by atoms with E-state index >= 15 is 0 Å². The summed E-state index contributed by atoms with van der Waals surface area (Å²) in [5.41, 5.74) is 5.61. The summed E-state index contributed by atoms with van der Waals surface area (Å²) in [6.07, 6.45) is 17.2. The van der Waals surface area contributed by atoms with Gasteiger partial charge in [0.25, 0.3) is 0 Å². The van der Waals surface area contributed by atoms with Gasteiger partial charge in [-0.1, -0.05) is 56.7 Å². The Morgan fingerprint density at radius 1 is 0.931 bits per heavy atom. The topological polar surface area (TPSA) is 4.93 Å². The molecule has 1 heterocycles. The second-order valence-electron chi connectivity index (χ2n) is 11.1. The van der Waals surface area contributed by atoms with E-state index in [1.54, 1.807) is 5.70 Å². The predicted molar refractivity (Wildman–Crippen MR) is 122 cm³/mol. The van der Waals surface area contributed by atoms with Crippen LogP contribution in [0.1, 0.15) is 65.7 Å². The molecule has 29 heavy (non-hydrogen) atoms. The number of aromatic nitrogens is 1. The molecule has 4 aliphatic carbocycles. The van der Waals surface area contributed by atoms with Crippen molar-refractivity contribution in [3.63, 3.8) is 0 Å². The van der Waals surface area contributed by atoms with Crippen molar-refractivity contribution in [1.29, 1.82) is 0 Å². The number of fused-ring (bicyclic) bond motifs is 6. The molecule has 2 fully saturated rings. The lowest BCUT2D eigenvalue weighted by atomic mass is 9.47. The Kier molecular flexibility index (Phi) is 3.81. The van der Waals surface area contributed by atoms with Crippen molar-refractivity contribution in [2.75, 3.05) is 0 Å².